The number of carbonyl (C=O) groups excluding carboxylic acids is 6. The summed E-state index contributed by atoms with van der Waals surface area (Å²) in [5.41, 5.74) is 9.21. The predicted molar refractivity (Wildman–Crippen MR) is 294 cm³/mol. The van der Waals surface area contributed by atoms with Gasteiger partial charge in [0.2, 0.25) is 11.8 Å². The Bertz CT molecular complexity index is 3070. The van der Waals surface area contributed by atoms with Crippen molar-refractivity contribution in [2.45, 2.75) is 149 Å². The molecule has 4 aliphatic heterocycles. The Morgan fingerprint density at radius 2 is 1.37 bits per heavy atom. The van der Waals surface area contributed by atoms with Gasteiger partial charge in [-0.1, -0.05) is 69.5 Å². The van der Waals surface area contributed by atoms with Gasteiger partial charge in [0.1, 0.15) is 24.7 Å². The fourth-order valence-corrected chi connectivity index (χ4v) is 10.9. The molecule has 0 aliphatic carbocycles. The number of para-hydroxylation sites is 2. The molecule has 4 atom stereocenters. The largest absolute Gasteiger partial charge is 0.493 e. The lowest BCUT2D eigenvalue weighted by atomic mass is 9.99. The molecule has 0 aromatic heterocycles. The summed E-state index contributed by atoms with van der Waals surface area (Å²) in [6.45, 7) is 7.48. The second-order valence-electron chi connectivity index (χ2n) is 20.9. The maximum atomic E-state index is 14.2. The Morgan fingerprint density at radius 3 is 2.09 bits per heavy atom. The standard InChI is InChI=1S/C62H69N5O9/c1-6-7-8-9-18-49(68)19-12-15-22-59(70)64-40(4)55(69)26-39(3)60(71)65-46-28-41(36-75-56-34-52-51(25-38(56)2)62(73)67-48(35-63-52)31-45-17-11-14-21-54(45)67)27-42(29-46)37-76-58-32-43-23-24-47-30-44-16-10-13-20-53(44)66(47)61(72)50(43)33-57(58)74-5/h10-11,13-14,16-17,20-21,25,27-29,32-35,39-40,47-48H,6-9,12,15,18-19,22-24,26,30-31,36-37H2,1-5H3,(H,64,70)(H,65,71)/t39-,40+,47-,48+/m1/s1. The van der Waals surface area contributed by atoms with Crippen molar-refractivity contribution < 1.29 is 43.0 Å². The summed E-state index contributed by atoms with van der Waals surface area (Å²) < 4.78 is 18.8. The van der Waals surface area contributed by atoms with Crippen molar-refractivity contribution in [3.05, 3.63) is 136 Å². The third kappa shape index (κ3) is 12.1. The van der Waals surface area contributed by atoms with E-state index in [9.17, 15) is 28.8 Å². The first-order valence-electron chi connectivity index (χ1n) is 27.0. The number of anilines is 3. The summed E-state index contributed by atoms with van der Waals surface area (Å²) in [7, 11) is 1.55. The van der Waals surface area contributed by atoms with Gasteiger partial charge in [0.15, 0.2) is 17.3 Å². The summed E-state index contributed by atoms with van der Waals surface area (Å²) in [5, 5.41) is 5.79. The number of ketones is 2. The number of amides is 4. The first-order chi connectivity index (χ1) is 36.8. The van der Waals surface area contributed by atoms with Crippen LogP contribution in [0.3, 0.4) is 0 Å². The van der Waals surface area contributed by atoms with Gasteiger partial charge in [-0.25, -0.2) is 0 Å². The summed E-state index contributed by atoms with van der Waals surface area (Å²) in [6, 6.07) is 27.9. The van der Waals surface area contributed by atoms with Crippen molar-refractivity contribution in [2.24, 2.45) is 10.9 Å². The number of carbonyl (C=O) groups is 6. The number of hydrogen-bond acceptors (Lipinski definition) is 10. The van der Waals surface area contributed by atoms with Crippen LogP contribution in [0.1, 0.15) is 145 Å². The fraction of sp³-hybridized carbons (Fsp3) is 0.403. The monoisotopic (exact) mass is 1030 g/mol. The second-order valence-corrected chi connectivity index (χ2v) is 20.9. The summed E-state index contributed by atoms with van der Waals surface area (Å²) in [5.74, 6) is -0.180. The molecular weight excluding hydrogens is 959 g/mol. The number of benzene rings is 5. The van der Waals surface area contributed by atoms with Crippen LogP contribution in [-0.2, 0) is 51.7 Å². The minimum Gasteiger partial charge on any atom is -0.493 e. The lowest BCUT2D eigenvalue weighted by molar-refractivity contribution is -0.129. The predicted octanol–water partition coefficient (Wildman–Crippen LogP) is 11.1. The first kappa shape index (κ1) is 53.2. The lowest BCUT2D eigenvalue weighted by Gasteiger charge is -2.23. The molecule has 396 valence electrons. The van der Waals surface area contributed by atoms with Crippen LogP contribution in [0.25, 0.3) is 0 Å². The number of hydrogen-bond donors (Lipinski definition) is 2. The SMILES string of the molecule is CCCCCCC(=O)CCCCC(=O)N[C@@H](C)C(=O)C[C@@H](C)C(=O)Nc1cc(COc2cc3c(cc2C)C(=O)N2c4ccccc4C[C@H]2C=N3)cc(COc2cc3c(cc2OC)C(=O)N2c4ccccc4C[C@H]2CC3)c1. The average molecular weight is 1030 g/mol. The topological polar surface area (TPSA) is 173 Å². The first-order valence-corrected chi connectivity index (χ1v) is 27.0. The van der Waals surface area contributed by atoms with Crippen molar-refractivity contribution in [3.8, 4) is 17.2 Å². The molecular formula is C62H69N5O9. The number of ether oxygens (including phenoxy) is 3. The minimum absolute atomic E-state index is 0.0613. The molecule has 4 aliphatic rings. The van der Waals surface area contributed by atoms with Crippen molar-refractivity contribution in [2.75, 3.05) is 22.2 Å². The molecule has 0 radical (unpaired) electrons. The highest BCUT2D eigenvalue weighted by Gasteiger charge is 2.39. The van der Waals surface area contributed by atoms with E-state index in [-0.39, 0.29) is 73.3 Å². The second kappa shape index (κ2) is 23.9. The highest BCUT2D eigenvalue weighted by atomic mass is 16.5. The van der Waals surface area contributed by atoms with Crippen LogP contribution in [-0.4, -0.2) is 66.6 Å². The van der Waals surface area contributed by atoms with E-state index in [4.69, 9.17) is 19.2 Å². The number of aryl methyl sites for hydroxylation is 2. The molecule has 0 bridgehead atoms. The number of nitrogens with zero attached hydrogens (tertiary/aromatic N) is 3. The van der Waals surface area contributed by atoms with Crippen LogP contribution in [0.4, 0.5) is 22.7 Å². The Hall–Kier alpha value is -7.61. The number of rotatable bonds is 23. The zero-order chi connectivity index (χ0) is 53.5. The molecule has 0 saturated carbocycles. The summed E-state index contributed by atoms with van der Waals surface area (Å²) >= 11 is 0. The molecule has 0 saturated heterocycles. The van der Waals surface area contributed by atoms with Crippen molar-refractivity contribution in [1.29, 1.82) is 0 Å². The van der Waals surface area contributed by atoms with E-state index in [0.29, 0.717) is 89.4 Å². The number of aliphatic imine (C=N–C) groups is 1. The lowest BCUT2D eigenvalue weighted by Crippen LogP contribution is -2.39. The maximum absolute atomic E-state index is 14.2. The van der Waals surface area contributed by atoms with Crippen molar-refractivity contribution in [3.63, 3.8) is 0 Å². The van der Waals surface area contributed by atoms with E-state index in [2.05, 4.69) is 23.6 Å². The molecule has 14 heteroatoms. The van der Waals surface area contributed by atoms with Gasteiger partial charge in [0.05, 0.1) is 30.4 Å². The van der Waals surface area contributed by atoms with E-state index in [0.717, 1.165) is 66.6 Å². The van der Waals surface area contributed by atoms with E-state index in [1.165, 1.54) is 5.56 Å². The maximum Gasteiger partial charge on any atom is 0.261 e. The molecule has 0 fully saturated rings. The van der Waals surface area contributed by atoms with Crippen LogP contribution in [0, 0.1) is 12.8 Å². The summed E-state index contributed by atoms with van der Waals surface area (Å²) in [6.07, 6.45) is 11.3. The van der Waals surface area contributed by atoms with Gasteiger partial charge < -0.3 is 29.7 Å². The fourth-order valence-electron chi connectivity index (χ4n) is 10.9. The number of methoxy groups -OCH3 is 1. The number of nitrogens with one attached hydrogen (secondary N) is 2. The van der Waals surface area contributed by atoms with Gasteiger partial charge in [-0.05, 0) is 134 Å². The van der Waals surface area contributed by atoms with Crippen LogP contribution >= 0.6 is 0 Å². The summed E-state index contributed by atoms with van der Waals surface area (Å²) in [4.78, 5) is 88.9. The van der Waals surface area contributed by atoms with Gasteiger partial charge in [-0.3, -0.25) is 38.7 Å². The average Bonchev–Trinajstić information content (AvgIpc) is 3.93. The van der Waals surface area contributed by atoms with Gasteiger partial charge in [0, 0.05) is 79.0 Å². The Morgan fingerprint density at radius 1 is 0.711 bits per heavy atom. The Kier molecular flexibility index (Phi) is 16.8. The molecule has 2 N–H and O–H groups in total. The Labute approximate surface area is 445 Å². The molecule has 4 heterocycles. The minimum atomic E-state index is -0.793. The van der Waals surface area contributed by atoms with Crippen LogP contribution < -0.4 is 34.6 Å². The number of fused-ring (bicyclic) bond motifs is 8. The molecule has 0 spiro atoms. The number of unbranched alkanes of at least 4 members (excludes halogenated alkanes) is 4. The molecule has 0 unspecified atom stereocenters. The zero-order valence-corrected chi connectivity index (χ0v) is 44.4. The van der Waals surface area contributed by atoms with E-state index in [1.54, 1.807) is 33.1 Å². The molecule has 14 nitrogen and oxygen atoms in total. The van der Waals surface area contributed by atoms with Crippen molar-refractivity contribution in [1.82, 2.24) is 5.32 Å². The number of Topliss-reactive ketones (excluding diaryl/α,β-unsaturated/α-hetero) is 2. The van der Waals surface area contributed by atoms with Gasteiger partial charge in [-0.2, -0.15) is 0 Å². The highest BCUT2D eigenvalue weighted by Crippen LogP contribution is 2.42. The van der Waals surface area contributed by atoms with Crippen LogP contribution in [0.2, 0.25) is 0 Å². The van der Waals surface area contributed by atoms with E-state index >= 15 is 0 Å². The van der Waals surface area contributed by atoms with Crippen LogP contribution in [0.5, 0.6) is 17.2 Å². The third-order valence-corrected chi connectivity index (χ3v) is 15.1. The normalized spacial score (nSPS) is 16.7. The quantitative estimate of drug-likeness (QED) is 0.0604. The van der Waals surface area contributed by atoms with E-state index < -0.39 is 12.0 Å². The van der Waals surface area contributed by atoms with Crippen LogP contribution in [0.15, 0.2) is 96.0 Å². The van der Waals surface area contributed by atoms with Gasteiger partial charge in [-0.15, -0.1) is 0 Å². The molecule has 9 rings (SSSR count). The zero-order valence-electron chi connectivity index (χ0n) is 44.4. The van der Waals surface area contributed by atoms with E-state index in [1.807, 2.05) is 95.7 Å². The third-order valence-electron chi connectivity index (χ3n) is 15.1. The molecule has 5 aromatic carbocycles. The van der Waals surface area contributed by atoms with Gasteiger partial charge in [0.25, 0.3) is 11.8 Å². The van der Waals surface area contributed by atoms with Gasteiger partial charge >= 0.3 is 0 Å². The molecule has 5 aromatic rings. The Balaban J connectivity index is 0.885. The smallest absolute Gasteiger partial charge is 0.261 e. The van der Waals surface area contributed by atoms with Crippen molar-refractivity contribution >= 4 is 64.2 Å². The highest BCUT2D eigenvalue weighted by molar-refractivity contribution is 6.15. The molecule has 4 amide bonds. The molecule has 76 heavy (non-hydrogen) atoms.